The van der Waals surface area contributed by atoms with Crippen LogP contribution in [0.4, 0.5) is 0 Å². The fourth-order valence-electron chi connectivity index (χ4n) is 9.31. The molecule has 5 aromatic rings. The second kappa shape index (κ2) is 28.0. The van der Waals surface area contributed by atoms with Crippen molar-refractivity contribution < 1.29 is 47.6 Å². The highest BCUT2D eigenvalue weighted by molar-refractivity contribution is 5.79. The van der Waals surface area contributed by atoms with Gasteiger partial charge < -0.3 is 28.4 Å². The Balaban J connectivity index is 0.000000159. The molecule has 0 saturated carbocycles. The lowest BCUT2D eigenvalue weighted by molar-refractivity contribution is -0.149. The SMILES string of the molecule is C=CCOc1ccccc1C=O.CCOC(=O)C1CC2COc3ccccc3C2N1.CCOC(=O)C1CC2COc3ccccc3C2N1Cc1ccccc1.CCOC(=O)CCCCc1ccccc1. The Morgan fingerprint density at radius 2 is 1.26 bits per heavy atom. The Morgan fingerprint density at radius 3 is 1.93 bits per heavy atom. The van der Waals surface area contributed by atoms with E-state index in [1.807, 2.05) is 99.6 Å². The van der Waals surface area contributed by atoms with Crippen LogP contribution in [0, 0.1) is 11.8 Å². The van der Waals surface area contributed by atoms with Crippen LogP contribution in [0.5, 0.6) is 17.2 Å². The second-order valence-corrected chi connectivity index (χ2v) is 17.3. The first kappa shape index (κ1) is 52.6. The third-order valence-electron chi connectivity index (χ3n) is 12.5. The third kappa shape index (κ3) is 14.9. The summed E-state index contributed by atoms with van der Waals surface area (Å²) in [5.74, 6) is 2.79. The Hall–Kier alpha value is -6.76. The summed E-state index contributed by atoms with van der Waals surface area (Å²) >= 11 is 0. The van der Waals surface area contributed by atoms with E-state index in [1.165, 1.54) is 16.7 Å². The van der Waals surface area contributed by atoms with Crippen molar-refractivity contribution >= 4 is 24.2 Å². The molecule has 4 aliphatic rings. The highest BCUT2D eigenvalue weighted by Crippen LogP contribution is 2.48. The number of rotatable bonds is 16. The maximum Gasteiger partial charge on any atom is 0.323 e. The van der Waals surface area contributed by atoms with E-state index in [1.54, 1.807) is 24.3 Å². The molecule has 70 heavy (non-hydrogen) atoms. The highest BCUT2D eigenvalue weighted by atomic mass is 16.5. The molecule has 6 unspecified atom stereocenters. The van der Waals surface area contributed by atoms with Crippen LogP contribution in [0.1, 0.15) is 97.6 Å². The maximum atomic E-state index is 12.6. The van der Waals surface area contributed by atoms with E-state index in [4.69, 9.17) is 28.4 Å². The van der Waals surface area contributed by atoms with E-state index in [0.717, 1.165) is 62.0 Å². The summed E-state index contributed by atoms with van der Waals surface area (Å²) in [4.78, 5) is 48.2. The Labute approximate surface area is 413 Å². The number of para-hydroxylation sites is 3. The van der Waals surface area contributed by atoms with E-state index in [2.05, 4.69) is 53.2 Å². The fraction of sp³-hybridized carbons (Fsp3) is 0.379. The molecule has 9 rings (SSSR count). The number of ether oxygens (including phenoxy) is 6. The van der Waals surface area contributed by atoms with Gasteiger partial charge in [-0.1, -0.05) is 122 Å². The summed E-state index contributed by atoms with van der Waals surface area (Å²) in [5, 5.41) is 3.38. The predicted octanol–water partition coefficient (Wildman–Crippen LogP) is 10.3. The number of unbranched alkanes of at least 4 members (excludes halogenated alkanes) is 1. The largest absolute Gasteiger partial charge is 0.493 e. The summed E-state index contributed by atoms with van der Waals surface area (Å²) in [6.07, 6.45) is 7.53. The smallest absolute Gasteiger partial charge is 0.323 e. The molecule has 12 heteroatoms. The van der Waals surface area contributed by atoms with Crippen molar-refractivity contribution in [2.75, 3.05) is 39.6 Å². The summed E-state index contributed by atoms with van der Waals surface area (Å²) in [7, 11) is 0. The maximum absolute atomic E-state index is 12.6. The summed E-state index contributed by atoms with van der Waals surface area (Å²) in [6.45, 7) is 12.9. The quantitative estimate of drug-likeness (QED) is 0.0331. The minimum atomic E-state index is -0.218. The molecule has 0 spiro atoms. The standard InChI is InChI=1S/C21H23NO3.C14H17NO3.C13H18O2.C10H10O2/c1-2-24-21(23)18-12-16-14-25-19-11-7-6-10-17(19)20(16)22(18)13-15-8-4-3-5-9-15;1-2-17-14(16)11-7-9-8-18-12-6-4-3-5-10(12)13(9)15-11;1-2-15-13(14)11-7-6-10-12-8-4-3-5-9-12;1-2-7-12-10-6-4-3-5-9(10)8-11/h3-11,16,18,20H,2,12-14H2,1H3;3-6,9,11,13,15H,2,7-8H2,1H3;3-5,8-9H,2,6-7,10-11H2,1H3;2-6,8H,1,7H2. The second-order valence-electron chi connectivity index (χ2n) is 17.3. The molecule has 2 fully saturated rings. The van der Waals surface area contributed by atoms with E-state index in [-0.39, 0.29) is 42.1 Å². The Bertz CT molecular complexity index is 2410. The van der Waals surface area contributed by atoms with Gasteiger partial charge in [0.15, 0.2) is 6.29 Å². The number of aldehydes is 1. The van der Waals surface area contributed by atoms with Crippen LogP contribution in [-0.4, -0.2) is 80.8 Å². The third-order valence-corrected chi connectivity index (χ3v) is 12.5. The topological polar surface area (TPSA) is 139 Å². The van der Waals surface area contributed by atoms with E-state index in [9.17, 15) is 19.2 Å². The molecule has 0 aliphatic carbocycles. The minimum Gasteiger partial charge on any atom is -0.493 e. The molecule has 1 N–H and O–H groups in total. The number of hydrogen-bond acceptors (Lipinski definition) is 12. The van der Waals surface area contributed by atoms with Crippen LogP contribution in [0.15, 0.2) is 146 Å². The van der Waals surface area contributed by atoms with Crippen LogP contribution >= 0.6 is 0 Å². The normalized spacial score (nSPS) is 20.0. The Kier molecular flexibility index (Phi) is 21.1. The predicted molar refractivity (Wildman–Crippen MR) is 270 cm³/mol. The number of nitrogens with zero attached hydrogens (tertiary/aromatic N) is 1. The number of likely N-dealkylation sites (tertiary alicyclic amines) is 1. The molecular formula is C58H68N2O10. The number of hydrogen-bond donors (Lipinski definition) is 1. The molecule has 0 aromatic heterocycles. The van der Waals surface area contributed by atoms with Crippen molar-refractivity contribution in [1.29, 1.82) is 0 Å². The average Bonchev–Trinajstić information content (AvgIpc) is 4.02. The molecule has 0 bridgehead atoms. The van der Waals surface area contributed by atoms with Crippen LogP contribution in [0.3, 0.4) is 0 Å². The number of esters is 3. The summed E-state index contributed by atoms with van der Waals surface area (Å²) in [6, 6.07) is 43.9. The lowest BCUT2D eigenvalue weighted by Gasteiger charge is -2.35. The van der Waals surface area contributed by atoms with Crippen molar-refractivity contribution in [3.63, 3.8) is 0 Å². The van der Waals surface area contributed by atoms with E-state index >= 15 is 0 Å². The van der Waals surface area contributed by atoms with Gasteiger partial charge in [0.25, 0.3) is 0 Å². The molecule has 4 aliphatic heterocycles. The van der Waals surface area contributed by atoms with Crippen molar-refractivity contribution in [3.05, 3.63) is 174 Å². The summed E-state index contributed by atoms with van der Waals surface area (Å²) in [5.41, 5.74) is 5.45. The number of aryl methyl sites for hydroxylation is 1. The Morgan fingerprint density at radius 1 is 0.671 bits per heavy atom. The van der Waals surface area contributed by atoms with Gasteiger partial charge in [0.05, 0.1) is 38.6 Å². The lowest BCUT2D eigenvalue weighted by atomic mass is 9.91. The number of benzene rings is 5. The van der Waals surface area contributed by atoms with Crippen LogP contribution in [0.2, 0.25) is 0 Å². The molecule has 0 amide bonds. The first-order valence-corrected chi connectivity index (χ1v) is 24.6. The molecule has 4 heterocycles. The molecule has 370 valence electrons. The van der Waals surface area contributed by atoms with E-state index in [0.29, 0.717) is 69.2 Å². The first-order chi connectivity index (χ1) is 34.3. The van der Waals surface area contributed by atoms with Gasteiger partial charge in [0, 0.05) is 48.0 Å². The van der Waals surface area contributed by atoms with Gasteiger partial charge in [-0.25, -0.2) is 0 Å². The van der Waals surface area contributed by atoms with Gasteiger partial charge in [-0.3, -0.25) is 29.4 Å². The van der Waals surface area contributed by atoms with Crippen molar-refractivity contribution in [2.24, 2.45) is 11.8 Å². The first-order valence-electron chi connectivity index (χ1n) is 24.6. The number of nitrogens with one attached hydrogen (secondary N) is 1. The van der Waals surface area contributed by atoms with Crippen molar-refractivity contribution in [2.45, 2.75) is 90.0 Å². The van der Waals surface area contributed by atoms with Gasteiger partial charge in [-0.05, 0) is 88.3 Å². The fourth-order valence-corrected chi connectivity index (χ4v) is 9.31. The zero-order valence-electron chi connectivity index (χ0n) is 40.7. The zero-order chi connectivity index (χ0) is 49.5. The van der Waals surface area contributed by atoms with Crippen molar-refractivity contribution in [1.82, 2.24) is 10.2 Å². The van der Waals surface area contributed by atoms with Crippen LogP contribution in [0.25, 0.3) is 0 Å². The van der Waals surface area contributed by atoms with Crippen LogP contribution < -0.4 is 19.5 Å². The molecule has 0 radical (unpaired) electrons. The van der Waals surface area contributed by atoms with Gasteiger partial charge in [0.1, 0.15) is 35.9 Å². The van der Waals surface area contributed by atoms with Gasteiger partial charge in [-0.15, -0.1) is 0 Å². The molecule has 5 aromatic carbocycles. The summed E-state index contributed by atoms with van der Waals surface area (Å²) < 4.78 is 32.2. The minimum absolute atomic E-state index is 0.0782. The van der Waals surface area contributed by atoms with Crippen molar-refractivity contribution in [3.8, 4) is 17.2 Å². The lowest BCUT2D eigenvalue weighted by Crippen LogP contribution is -2.39. The van der Waals surface area contributed by atoms with E-state index < -0.39 is 0 Å². The highest BCUT2D eigenvalue weighted by Gasteiger charge is 2.48. The average molecular weight is 953 g/mol. The monoisotopic (exact) mass is 952 g/mol. The molecule has 6 atom stereocenters. The molecule has 2 saturated heterocycles. The zero-order valence-corrected chi connectivity index (χ0v) is 40.7. The number of carbonyl (C=O) groups is 4. The van der Waals surface area contributed by atoms with Gasteiger partial charge in [0.2, 0.25) is 0 Å². The molecule has 12 nitrogen and oxygen atoms in total. The molecular weight excluding hydrogens is 885 g/mol. The van der Waals surface area contributed by atoms with Gasteiger partial charge in [-0.2, -0.15) is 0 Å². The van der Waals surface area contributed by atoms with Gasteiger partial charge >= 0.3 is 17.9 Å². The number of fused-ring (bicyclic) bond motifs is 6. The van der Waals surface area contributed by atoms with Crippen LogP contribution in [-0.2, 0) is 41.6 Å². The number of carbonyl (C=O) groups excluding carboxylic acids is 4.